The summed E-state index contributed by atoms with van der Waals surface area (Å²) in [6.07, 6.45) is -0.282. The topological polar surface area (TPSA) is 49.9 Å². The molecule has 5 nitrogen and oxygen atoms in total. The Hall–Kier alpha value is -1.26. The molecule has 1 fully saturated rings. The highest BCUT2D eigenvalue weighted by atomic mass is 16.6. The predicted molar refractivity (Wildman–Crippen MR) is 64.6 cm³/mol. The van der Waals surface area contributed by atoms with Gasteiger partial charge in [0.2, 0.25) is 5.91 Å². The summed E-state index contributed by atoms with van der Waals surface area (Å²) in [6, 6.07) is 0. The van der Waals surface area contributed by atoms with Crippen LogP contribution in [0, 0.1) is 5.41 Å². The first-order valence-corrected chi connectivity index (χ1v) is 6.07. The fourth-order valence-electron chi connectivity index (χ4n) is 1.78. The Labute approximate surface area is 103 Å². The van der Waals surface area contributed by atoms with E-state index in [9.17, 15) is 9.59 Å². The second-order valence-electron chi connectivity index (χ2n) is 5.23. The van der Waals surface area contributed by atoms with Gasteiger partial charge < -0.3 is 14.5 Å². The molecule has 0 bridgehead atoms. The largest absolute Gasteiger partial charge is 0.450 e. The number of rotatable bonds is 1. The lowest BCUT2D eigenvalue weighted by Crippen LogP contribution is -2.53. The zero-order chi connectivity index (χ0) is 13.1. The van der Waals surface area contributed by atoms with E-state index in [1.54, 1.807) is 11.8 Å². The van der Waals surface area contributed by atoms with Gasteiger partial charge in [0.1, 0.15) is 0 Å². The normalized spacial score (nSPS) is 16.9. The molecule has 1 aliphatic rings. The third-order valence-corrected chi connectivity index (χ3v) is 2.73. The molecule has 1 saturated heterocycles. The number of carbonyl (C=O) groups is 2. The summed E-state index contributed by atoms with van der Waals surface area (Å²) in [5, 5.41) is 0. The van der Waals surface area contributed by atoms with Gasteiger partial charge in [-0.3, -0.25) is 4.79 Å². The maximum atomic E-state index is 12.0. The average Bonchev–Trinajstić information content (AvgIpc) is 2.27. The Morgan fingerprint density at radius 2 is 1.53 bits per heavy atom. The Balaban J connectivity index is 2.46. The van der Waals surface area contributed by atoms with Crippen LogP contribution in [0.3, 0.4) is 0 Å². The van der Waals surface area contributed by atoms with Gasteiger partial charge in [0, 0.05) is 31.6 Å². The Kier molecular flexibility index (Phi) is 4.37. The third-order valence-electron chi connectivity index (χ3n) is 2.73. The molecular weight excluding hydrogens is 220 g/mol. The van der Waals surface area contributed by atoms with Gasteiger partial charge >= 0.3 is 6.09 Å². The van der Waals surface area contributed by atoms with Crippen molar-refractivity contribution in [3.05, 3.63) is 0 Å². The second-order valence-corrected chi connectivity index (χ2v) is 5.23. The van der Waals surface area contributed by atoms with Gasteiger partial charge in [-0.2, -0.15) is 0 Å². The van der Waals surface area contributed by atoms with E-state index in [2.05, 4.69) is 0 Å². The van der Waals surface area contributed by atoms with Crippen LogP contribution in [0.1, 0.15) is 27.7 Å². The molecule has 0 spiro atoms. The molecule has 0 unspecified atom stereocenters. The van der Waals surface area contributed by atoms with Crippen molar-refractivity contribution in [3.8, 4) is 0 Å². The van der Waals surface area contributed by atoms with Crippen LogP contribution in [0.5, 0.6) is 0 Å². The molecule has 0 saturated carbocycles. The van der Waals surface area contributed by atoms with Crippen LogP contribution < -0.4 is 0 Å². The van der Waals surface area contributed by atoms with Crippen molar-refractivity contribution in [1.29, 1.82) is 0 Å². The van der Waals surface area contributed by atoms with Crippen LogP contribution in [-0.4, -0.2) is 54.6 Å². The van der Waals surface area contributed by atoms with Crippen molar-refractivity contribution < 1.29 is 14.3 Å². The SMILES string of the molecule is CCOC(=O)N1CCN(C(=O)C(C)(C)C)CC1. The molecule has 0 radical (unpaired) electrons. The Bertz CT molecular complexity index is 289. The molecule has 1 rings (SSSR count). The fraction of sp³-hybridized carbons (Fsp3) is 0.833. The number of amides is 2. The average molecular weight is 242 g/mol. The molecule has 0 N–H and O–H groups in total. The maximum absolute atomic E-state index is 12.0. The van der Waals surface area contributed by atoms with Crippen LogP contribution >= 0.6 is 0 Å². The highest BCUT2D eigenvalue weighted by Crippen LogP contribution is 2.18. The quantitative estimate of drug-likeness (QED) is 0.697. The molecule has 0 aromatic carbocycles. The standard InChI is InChI=1S/C12H22N2O3/c1-5-17-11(16)14-8-6-13(7-9-14)10(15)12(2,3)4/h5-9H2,1-4H3. The van der Waals surface area contributed by atoms with E-state index in [1.807, 2.05) is 25.7 Å². The summed E-state index contributed by atoms with van der Waals surface area (Å²) >= 11 is 0. The molecule has 17 heavy (non-hydrogen) atoms. The minimum atomic E-state index is -0.355. The number of ether oxygens (including phenoxy) is 1. The van der Waals surface area contributed by atoms with Gasteiger partial charge in [0.25, 0.3) is 0 Å². The van der Waals surface area contributed by atoms with E-state index in [4.69, 9.17) is 4.74 Å². The summed E-state index contributed by atoms with van der Waals surface area (Å²) < 4.78 is 4.93. The molecule has 98 valence electrons. The van der Waals surface area contributed by atoms with Crippen molar-refractivity contribution in [2.75, 3.05) is 32.8 Å². The number of hydrogen-bond donors (Lipinski definition) is 0. The highest BCUT2D eigenvalue weighted by Gasteiger charge is 2.30. The van der Waals surface area contributed by atoms with E-state index < -0.39 is 0 Å². The lowest BCUT2D eigenvalue weighted by atomic mass is 9.94. The molecule has 0 aromatic heterocycles. The molecule has 1 heterocycles. The van der Waals surface area contributed by atoms with Crippen LogP contribution in [0.25, 0.3) is 0 Å². The summed E-state index contributed by atoms with van der Waals surface area (Å²) in [7, 11) is 0. The smallest absolute Gasteiger partial charge is 0.409 e. The Morgan fingerprint density at radius 3 is 1.94 bits per heavy atom. The number of carbonyl (C=O) groups excluding carboxylic acids is 2. The fourth-order valence-corrected chi connectivity index (χ4v) is 1.78. The summed E-state index contributed by atoms with van der Waals surface area (Å²) in [6.45, 7) is 10.2. The first-order chi connectivity index (χ1) is 7.86. The van der Waals surface area contributed by atoms with Crippen molar-refractivity contribution in [2.45, 2.75) is 27.7 Å². The third kappa shape index (κ3) is 3.61. The lowest BCUT2D eigenvalue weighted by molar-refractivity contribution is -0.141. The molecule has 0 atom stereocenters. The van der Waals surface area contributed by atoms with Gasteiger partial charge in [-0.25, -0.2) is 4.79 Å². The minimum absolute atomic E-state index is 0.140. The number of nitrogens with zero attached hydrogens (tertiary/aromatic N) is 2. The molecule has 0 aliphatic carbocycles. The van der Waals surface area contributed by atoms with E-state index in [0.717, 1.165) is 0 Å². The van der Waals surface area contributed by atoms with Crippen molar-refractivity contribution >= 4 is 12.0 Å². The second kappa shape index (κ2) is 5.38. The van der Waals surface area contributed by atoms with Crippen LogP contribution in [-0.2, 0) is 9.53 Å². The summed E-state index contributed by atoms with van der Waals surface area (Å²) in [5.41, 5.74) is -0.355. The Morgan fingerprint density at radius 1 is 1.06 bits per heavy atom. The van der Waals surface area contributed by atoms with Crippen molar-refractivity contribution in [3.63, 3.8) is 0 Å². The lowest BCUT2D eigenvalue weighted by Gasteiger charge is -2.37. The maximum Gasteiger partial charge on any atom is 0.409 e. The zero-order valence-electron chi connectivity index (χ0n) is 11.2. The predicted octanol–water partition coefficient (Wildman–Crippen LogP) is 1.33. The zero-order valence-corrected chi connectivity index (χ0v) is 11.2. The van der Waals surface area contributed by atoms with Gasteiger partial charge in [-0.15, -0.1) is 0 Å². The highest BCUT2D eigenvalue weighted by molar-refractivity contribution is 5.81. The van der Waals surface area contributed by atoms with Crippen molar-refractivity contribution in [1.82, 2.24) is 9.80 Å². The number of piperazine rings is 1. The van der Waals surface area contributed by atoms with E-state index in [0.29, 0.717) is 32.8 Å². The molecule has 1 aliphatic heterocycles. The molecule has 5 heteroatoms. The first kappa shape index (κ1) is 13.8. The van der Waals surface area contributed by atoms with E-state index >= 15 is 0 Å². The first-order valence-electron chi connectivity index (χ1n) is 6.07. The minimum Gasteiger partial charge on any atom is -0.450 e. The summed E-state index contributed by atoms with van der Waals surface area (Å²) in [5.74, 6) is 0.140. The van der Waals surface area contributed by atoms with Gasteiger partial charge in [-0.05, 0) is 6.92 Å². The van der Waals surface area contributed by atoms with Gasteiger partial charge in [0.15, 0.2) is 0 Å². The van der Waals surface area contributed by atoms with Gasteiger partial charge in [-0.1, -0.05) is 20.8 Å². The van der Waals surface area contributed by atoms with E-state index in [1.165, 1.54) is 0 Å². The molecular formula is C12H22N2O3. The van der Waals surface area contributed by atoms with Crippen LogP contribution in [0.2, 0.25) is 0 Å². The van der Waals surface area contributed by atoms with Gasteiger partial charge in [0.05, 0.1) is 6.61 Å². The van der Waals surface area contributed by atoms with Crippen LogP contribution in [0.15, 0.2) is 0 Å². The number of hydrogen-bond acceptors (Lipinski definition) is 3. The molecule has 2 amide bonds. The molecule has 0 aromatic rings. The monoisotopic (exact) mass is 242 g/mol. The van der Waals surface area contributed by atoms with E-state index in [-0.39, 0.29) is 17.4 Å². The van der Waals surface area contributed by atoms with Crippen molar-refractivity contribution in [2.24, 2.45) is 5.41 Å². The van der Waals surface area contributed by atoms with Crippen LogP contribution in [0.4, 0.5) is 4.79 Å². The summed E-state index contributed by atoms with van der Waals surface area (Å²) in [4.78, 5) is 26.9.